The summed E-state index contributed by atoms with van der Waals surface area (Å²) in [7, 11) is 0. The van der Waals surface area contributed by atoms with Crippen LogP contribution >= 0.6 is 0 Å². The van der Waals surface area contributed by atoms with Crippen molar-refractivity contribution in [2.24, 2.45) is 5.92 Å². The number of fused-ring (bicyclic) bond motifs is 1. The number of amides is 2. The normalized spacial score (nSPS) is 12.2. The molecule has 4 N–H and O–H groups in total. The maximum Gasteiger partial charge on any atom is 0.272 e. The minimum atomic E-state index is -0.223. The van der Waals surface area contributed by atoms with E-state index in [0.29, 0.717) is 30.7 Å². The molecule has 8 nitrogen and oxygen atoms in total. The molecular formula is C27H35N5O3. The molecule has 0 saturated carbocycles. The van der Waals surface area contributed by atoms with Gasteiger partial charge in [-0.15, -0.1) is 0 Å². The first-order valence-electron chi connectivity index (χ1n) is 12.0. The van der Waals surface area contributed by atoms with Gasteiger partial charge in [0.25, 0.3) is 5.56 Å². The Balaban J connectivity index is 1.39. The van der Waals surface area contributed by atoms with Crippen LogP contribution in [0.15, 0.2) is 53.3 Å². The third-order valence-corrected chi connectivity index (χ3v) is 5.74. The lowest BCUT2D eigenvalue weighted by molar-refractivity contribution is -0.122. The van der Waals surface area contributed by atoms with Gasteiger partial charge in [-0.2, -0.15) is 5.10 Å². The molecule has 186 valence electrons. The Kier molecular flexibility index (Phi) is 8.63. The fourth-order valence-corrected chi connectivity index (χ4v) is 4.00. The van der Waals surface area contributed by atoms with Gasteiger partial charge in [-0.3, -0.25) is 14.4 Å². The van der Waals surface area contributed by atoms with Gasteiger partial charge in [-0.25, -0.2) is 5.10 Å². The fraction of sp³-hybridized carbons (Fsp3) is 0.407. The zero-order valence-electron chi connectivity index (χ0n) is 20.9. The number of anilines is 2. The SMILES string of the molecule is CC(CC(=O)NCCCNc1n[nH]c(=O)c2ccccc12)CC(=O)Nc1ccccc1C(C)(C)C. The molecule has 0 aliphatic rings. The van der Waals surface area contributed by atoms with Crippen LogP contribution in [0.1, 0.15) is 52.5 Å². The predicted octanol–water partition coefficient (Wildman–Crippen LogP) is 4.19. The average Bonchev–Trinajstić information content (AvgIpc) is 2.80. The molecule has 2 aromatic carbocycles. The Bertz CT molecular complexity index is 1230. The summed E-state index contributed by atoms with van der Waals surface area (Å²) in [6.07, 6.45) is 1.26. The van der Waals surface area contributed by atoms with Gasteiger partial charge in [0.05, 0.1) is 5.39 Å². The monoisotopic (exact) mass is 477 g/mol. The third-order valence-electron chi connectivity index (χ3n) is 5.74. The van der Waals surface area contributed by atoms with E-state index in [2.05, 4.69) is 46.9 Å². The first kappa shape index (κ1) is 25.9. The van der Waals surface area contributed by atoms with E-state index in [0.717, 1.165) is 16.6 Å². The summed E-state index contributed by atoms with van der Waals surface area (Å²) in [6.45, 7) is 9.34. The van der Waals surface area contributed by atoms with Gasteiger partial charge in [0, 0.05) is 37.0 Å². The van der Waals surface area contributed by atoms with Gasteiger partial charge in [-0.05, 0) is 35.4 Å². The lowest BCUT2D eigenvalue weighted by atomic mass is 9.86. The van der Waals surface area contributed by atoms with Gasteiger partial charge >= 0.3 is 0 Å². The van der Waals surface area contributed by atoms with Crippen molar-refractivity contribution >= 4 is 34.1 Å². The van der Waals surface area contributed by atoms with Gasteiger partial charge in [-0.1, -0.05) is 64.1 Å². The van der Waals surface area contributed by atoms with E-state index >= 15 is 0 Å². The van der Waals surface area contributed by atoms with Crippen LogP contribution < -0.4 is 21.5 Å². The molecule has 1 heterocycles. The number of nitrogens with zero attached hydrogens (tertiary/aromatic N) is 1. The molecule has 3 rings (SSSR count). The van der Waals surface area contributed by atoms with E-state index < -0.39 is 0 Å². The van der Waals surface area contributed by atoms with E-state index in [9.17, 15) is 14.4 Å². The topological polar surface area (TPSA) is 116 Å². The van der Waals surface area contributed by atoms with Gasteiger partial charge < -0.3 is 16.0 Å². The van der Waals surface area contributed by atoms with Crippen LogP contribution in [0, 0.1) is 5.92 Å². The number of hydrogen-bond donors (Lipinski definition) is 4. The van der Waals surface area contributed by atoms with Crippen LogP contribution in [0.4, 0.5) is 11.5 Å². The summed E-state index contributed by atoms with van der Waals surface area (Å²) >= 11 is 0. The molecule has 35 heavy (non-hydrogen) atoms. The molecule has 3 aromatic rings. The number of carbonyl (C=O) groups is 2. The number of aromatic amines is 1. The molecule has 8 heteroatoms. The summed E-state index contributed by atoms with van der Waals surface area (Å²) < 4.78 is 0. The number of nitrogens with one attached hydrogen (secondary N) is 4. The maximum atomic E-state index is 12.6. The van der Waals surface area contributed by atoms with Crippen LogP contribution in [0.5, 0.6) is 0 Å². The molecule has 1 unspecified atom stereocenters. The van der Waals surface area contributed by atoms with Gasteiger partial charge in [0.2, 0.25) is 11.8 Å². The van der Waals surface area contributed by atoms with Crippen molar-refractivity contribution in [1.82, 2.24) is 15.5 Å². The molecule has 0 aliphatic heterocycles. The highest BCUT2D eigenvalue weighted by molar-refractivity contribution is 5.92. The zero-order valence-corrected chi connectivity index (χ0v) is 20.9. The maximum absolute atomic E-state index is 12.6. The quantitative estimate of drug-likeness (QED) is 0.327. The predicted molar refractivity (Wildman–Crippen MR) is 141 cm³/mol. The van der Waals surface area contributed by atoms with Crippen molar-refractivity contribution in [3.05, 3.63) is 64.4 Å². The van der Waals surface area contributed by atoms with Crippen molar-refractivity contribution in [2.45, 2.75) is 52.4 Å². The molecule has 1 atom stereocenters. The second-order valence-electron chi connectivity index (χ2n) is 9.93. The highest BCUT2D eigenvalue weighted by atomic mass is 16.2. The standard InChI is InChI=1S/C27H35N5O3/c1-18(17-24(34)30-22-13-8-7-12-21(22)27(2,3)4)16-23(33)28-14-9-15-29-25-19-10-5-6-11-20(19)26(35)32-31-25/h5-8,10-13,18H,9,14-17H2,1-4H3,(H,28,33)(H,29,31)(H,30,34)(H,32,35). The van der Waals surface area contributed by atoms with Crippen molar-refractivity contribution < 1.29 is 9.59 Å². The lowest BCUT2D eigenvalue weighted by Gasteiger charge is -2.23. The molecule has 0 spiro atoms. The molecule has 0 aliphatic carbocycles. The minimum Gasteiger partial charge on any atom is -0.368 e. The molecule has 0 fully saturated rings. The number of H-pyrrole nitrogens is 1. The zero-order chi connectivity index (χ0) is 25.4. The second kappa shape index (κ2) is 11.6. The number of carbonyl (C=O) groups excluding carboxylic acids is 2. The van der Waals surface area contributed by atoms with Gasteiger partial charge in [0.15, 0.2) is 5.82 Å². The van der Waals surface area contributed by atoms with E-state index in [-0.39, 0.29) is 41.5 Å². The van der Waals surface area contributed by atoms with Crippen LogP contribution in [-0.4, -0.2) is 35.1 Å². The smallest absolute Gasteiger partial charge is 0.272 e. The van der Waals surface area contributed by atoms with Crippen molar-refractivity contribution in [3.63, 3.8) is 0 Å². The highest BCUT2D eigenvalue weighted by Gasteiger charge is 2.19. The van der Waals surface area contributed by atoms with E-state index in [1.165, 1.54) is 0 Å². The average molecular weight is 478 g/mol. The molecule has 0 bridgehead atoms. The summed E-state index contributed by atoms with van der Waals surface area (Å²) in [5.41, 5.74) is 1.60. The highest BCUT2D eigenvalue weighted by Crippen LogP contribution is 2.29. The summed E-state index contributed by atoms with van der Waals surface area (Å²) in [5, 5.41) is 17.0. The largest absolute Gasteiger partial charge is 0.368 e. The van der Waals surface area contributed by atoms with E-state index in [1.807, 2.05) is 49.4 Å². The van der Waals surface area contributed by atoms with Crippen LogP contribution in [0.3, 0.4) is 0 Å². The minimum absolute atomic E-state index is 0.0759. The van der Waals surface area contributed by atoms with Crippen molar-refractivity contribution in [1.29, 1.82) is 0 Å². The summed E-state index contributed by atoms with van der Waals surface area (Å²) in [6, 6.07) is 15.1. The Morgan fingerprint density at radius 3 is 2.34 bits per heavy atom. The van der Waals surface area contributed by atoms with Crippen LogP contribution in [-0.2, 0) is 15.0 Å². The Morgan fingerprint density at radius 2 is 1.60 bits per heavy atom. The van der Waals surface area contributed by atoms with Crippen LogP contribution in [0.25, 0.3) is 10.8 Å². The Labute approximate surface area is 205 Å². The third kappa shape index (κ3) is 7.40. The molecule has 2 amide bonds. The molecular weight excluding hydrogens is 442 g/mol. The van der Waals surface area contributed by atoms with Crippen molar-refractivity contribution in [3.8, 4) is 0 Å². The van der Waals surface area contributed by atoms with Crippen LogP contribution in [0.2, 0.25) is 0 Å². The number of para-hydroxylation sites is 1. The number of aromatic nitrogens is 2. The first-order chi connectivity index (χ1) is 16.6. The molecule has 0 radical (unpaired) electrons. The first-order valence-corrected chi connectivity index (χ1v) is 12.0. The summed E-state index contributed by atoms with van der Waals surface area (Å²) in [4.78, 5) is 36.7. The Morgan fingerprint density at radius 1 is 0.943 bits per heavy atom. The number of benzene rings is 2. The Hall–Kier alpha value is -3.68. The van der Waals surface area contributed by atoms with E-state index in [4.69, 9.17) is 0 Å². The molecule has 1 aromatic heterocycles. The van der Waals surface area contributed by atoms with Crippen molar-refractivity contribution in [2.75, 3.05) is 23.7 Å². The summed E-state index contributed by atoms with van der Waals surface area (Å²) in [5.74, 6) is 0.366. The van der Waals surface area contributed by atoms with E-state index in [1.54, 1.807) is 6.07 Å². The second-order valence-corrected chi connectivity index (χ2v) is 9.93. The number of hydrogen-bond acceptors (Lipinski definition) is 5. The number of rotatable bonds is 10. The fourth-order valence-electron chi connectivity index (χ4n) is 4.00. The lowest BCUT2D eigenvalue weighted by Crippen LogP contribution is -2.28. The van der Waals surface area contributed by atoms with Gasteiger partial charge in [0.1, 0.15) is 0 Å². The molecule has 0 saturated heterocycles.